The lowest BCUT2D eigenvalue weighted by atomic mass is 10.0. The Bertz CT molecular complexity index is 533. The van der Waals surface area contributed by atoms with Gasteiger partial charge in [-0.1, -0.05) is 42.0 Å². The number of hydrogen-bond donors (Lipinski definition) is 1. The molecule has 1 heterocycles. The lowest BCUT2D eigenvalue weighted by molar-refractivity contribution is -0.148. The maximum atomic E-state index is 12.6. The van der Waals surface area contributed by atoms with Crippen LogP contribution in [0.1, 0.15) is 32.4 Å². The molecular formula is C16H20N2O2. The van der Waals surface area contributed by atoms with Crippen molar-refractivity contribution in [2.45, 2.75) is 32.9 Å². The van der Waals surface area contributed by atoms with Crippen LogP contribution in [0.4, 0.5) is 0 Å². The van der Waals surface area contributed by atoms with Gasteiger partial charge < -0.3 is 10.2 Å². The zero-order valence-corrected chi connectivity index (χ0v) is 12.1. The van der Waals surface area contributed by atoms with E-state index in [-0.39, 0.29) is 11.8 Å². The molecule has 2 atom stereocenters. The zero-order valence-electron chi connectivity index (χ0n) is 12.1. The number of rotatable bonds is 3. The van der Waals surface area contributed by atoms with E-state index in [1.807, 2.05) is 50.3 Å². The third-order valence-electron chi connectivity index (χ3n) is 3.49. The predicted octanol–water partition coefficient (Wildman–Crippen LogP) is 2.04. The van der Waals surface area contributed by atoms with Gasteiger partial charge in [-0.3, -0.25) is 9.59 Å². The van der Waals surface area contributed by atoms with Gasteiger partial charge >= 0.3 is 0 Å². The molecule has 1 fully saturated rings. The molecule has 4 nitrogen and oxygen atoms in total. The Kier molecular flexibility index (Phi) is 4.23. The number of allylic oxidation sites excluding steroid dienone is 1. The SMILES string of the molecule is CC(C)=CCN1C(=O)C(c2ccccc2)NC(=O)C1C. The third-order valence-corrected chi connectivity index (χ3v) is 3.49. The molecule has 1 aliphatic heterocycles. The number of benzene rings is 1. The van der Waals surface area contributed by atoms with Crippen LogP contribution in [0.2, 0.25) is 0 Å². The molecule has 1 aromatic rings. The summed E-state index contributed by atoms with van der Waals surface area (Å²) in [4.78, 5) is 26.3. The lowest BCUT2D eigenvalue weighted by Crippen LogP contribution is -2.58. The van der Waals surface area contributed by atoms with Crippen molar-refractivity contribution in [2.75, 3.05) is 6.54 Å². The molecule has 1 N–H and O–H groups in total. The van der Waals surface area contributed by atoms with E-state index in [1.165, 1.54) is 0 Å². The Morgan fingerprint density at radius 1 is 1.25 bits per heavy atom. The Morgan fingerprint density at radius 2 is 1.90 bits per heavy atom. The quantitative estimate of drug-likeness (QED) is 0.856. The van der Waals surface area contributed by atoms with Crippen LogP contribution in [0.5, 0.6) is 0 Å². The smallest absolute Gasteiger partial charge is 0.250 e. The monoisotopic (exact) mass is 272 g/mol. The highest BCUT2D eigenvalue weighted by Gasteiger charge is 2.38. The van der Waals surface area contributed by atoms with Crippen LogP contribution in [0.25, 0.3) is 0 Å². The van der Waals surface area contributed by atoms with E-state index in [2.05, 4.69) is 5.32 Å². The number of nitrogens with one attached hydrogen (secondary N) is 1. The first kappa shape index (κ1) is 14.3. The summed E-state index contributed by atoms with van der Waals surface area (Å²) >= 11 is 0. The molecular weight excluding hydrogens is 252 g/mol. The van der Waals surface area contributed by atoms with Gasteiger partial charge in [0.25, 0.3) is 5.91 Å². The fourth-order valence-electron chi connectivity index (χ4n) is 2.22. The minimum absolute atomic E-state index is 0.0548. The second kappa shape index (κ2) is 5.90. The largest absolute Gasteiger partial charge is 0.339 e. The molecule has 2 amide bonds. The minimum atomic E-state index is -0.578. The van der Waals surface area contributed by atoms with Crippen LogP contribution in [-0.4, -0.2) is 29.3 Å². The Hall–Kier alpha value is -2.10. The van der Waals surface area contributed by atoms with Crippen molar-refractivity contribution in [1.29, 1.82) is 0 Å². The van der Waals surface area contributed by atoms with E-state index >= 15 is 0 Å². The molecule has 0 spiro atoms. The summed E-state index contributed by atoms with van der Waals surface area (Å²) in [5, 5.41) is 2.80. The molecule has 1 aromatic carbocycles. The first-order chi connectivity index (χ1) is 9.50. The van der Waals surface area contributed by atoms with E-state index in [9.17, 15) is 9.59 Å². The molecule has 106 valence electrons. The second-order valence-corrected chi connectivity index (χ2v) is 5.30. The van der Waals surface area contributed by atoms with Gasteiger partial charge in [-0.2, -0.15) is 0 Å². The number of nitrogens with zero attached hydrogens (tertiary/aromatic N) is 1. The van der Waals surface area contributed by atoms with E-state index in [1.54, 1.807) is 11.8 Å². The molecule has 0 bridgehead atoms. The van der Waals surface area contributed by atoms with Crippen molar-refractivity contribution in [2.24, 2.45) is 0 Å². The number of carbonyl (C=O) groups is 2. The fourth-order valence-corrected chi connectivity index (χ4v) is 2.22. The van der Waals surface area contributed by atoms with E-state index in [4.69, 9.17) is 0 Å². The normalized spacial score (nSPS) is 22.4. The van der Waals surface area contributed by atoms with Crippen LogP contribution in [0, 0.1) is 0 Å². The summed E-state index contributed by atoms with van der Waals surface area (Å²) in [5.41, 5.74) is 1.95. The molecule has 0 aromatic heterocycles. The zero-order chi connectivity index (χ0) is 14.7. The summed E-state index contributed by atoms with van der Waals surface area (Å²) in [7, 11) is 0. The van der Waals surface area contributed by atoms with Crippen LogP contribution in [-0.2, 0) is 9.59 Å². The fraction of sp³-hybridized carbons (Fsp3) is 0.375. The van der Waals surface area contributed by atoms with Crippen LogP contribution in [0.3, 0.4) is 0 Å². The van der Waals surface area contributed by atoms with Crippen molar-refractivity contribution in [3.8, 4) is 0 Å². The van der Waals surface area contributed by atoms with Crippen molar-refractivity contribution in [1.82, 2.24) is 10.2 Å². The molecule has 0 radical (unpaired) electrons. The molecule has 0 saturated carbocycles. The molecule has 2 unspecified atom stereocenters. The van der Waals surface area contributed by atoms with Crippen molar-refractivity contribution in [3.63, 3.8) is 0 Å². The van der Waals surface area contributed by atoms with Crippen molar-refractivity contribution < 1.29 is 9.59 Å². The maximum absolute atomic E-state index is 12.6. The number of piperazine rings is 1. The summed E-state index contributed by atoms with van der Waals surface area (Å²) < 4.78 is 0. The van der Waals surface area contributed by atoms with Gasteiger partial charge in [0.1, 0.15) is 12.1 Å². The van der Waals surface area contributed by atoms with Crippen molar-refractivity contribution in [3.05, 3.63) is 47.5 Å². The molecule has 1 saturated heterocycles. The van der Waals surface area contributed by atoms with Crippen LogP contribution >= 0.6 is 0 Å². The summed E-state index contributed by atoms with van der Waals surface area (Å²) in [5.74, 6) is -0.165. The van der Waals surface area contributed by atoms with Gasteiger partial charge in [-0.25, -0.2) is 0 Å². The standard InChI is InChI=1S/C16H20N2O2/c1-11(2)9-10-18-12(3)15(19)17-14(16(18)20)13-7-5-4-6-8-13/h4-9,12,14H,10H2,1-3H3,(H,17,19). The summed E-state index contributed by atoms with van der Waals surface area (Å²) in [6.45, 7) is 6.19. The van der Waals surface area contributed by atoms with Crippen molar-refractivity contribution >= 4 is 11.8 Å². The van der Waals surface area contributed by atoms with Gasteiger partial charge in [0.15, 0.2) is 0 Å². The summed E-state index contributed by atoms with van der Waals surface area (Å²) in [6, 6.07) is 8.34. The number of amides is 2. The average Bonchev–Trinajstić information content (AvgIpc) is 2.43. The Morgan fingerprint density at radius 3 is 2.50 bits per heavy atom. The predicted molar refractivity (Wildman–Crippen MR) is 77.9 cm³/mol. The van der Waals surface area contributed by atoms with Crippen LogP contribution in [0.15, 0.2) is 42.0 Å². The van der Waals surface area contributed by atoms with E-state index < -0.39 is 12.1 Å². The van der Waals surface area contributed by atoms with Gasteiger partial charge in [0, 0.05) is 6.54 Å². The molecule has 20 heavy (non-hydrogen) atoms. The highest BCUT2D eigenvalue weighted by molar-refractivity contribution is 5.97. The maximum Gasteiger partial charge on any atom is 0.250 e. The topological polar surface area (TPSA) is 49.4 Å². The van der Waals surface area contributed by atoms with Gasteiger partial charge in [0.2, 0.25) is 5.91 Å². The van der Waals surface area contributed by atoms with Gasteiger partial charge in [0.05, 0.1) is 0 Å². The molecule has 0 aliphatic carbocycles. The minimum Gasteiger partial charge on any atom is -0.339 e. The Balaban J connectivity index is 2.26. The van der Waals surface area contributed by atoms with Gasteiger partial charge in [-0.05, 0) is 26.3 Å². The third kappa shape index (κ3) is 2.90. The number of carbonyl (C=O) groups excluding carboxylic acids is 2. The summed E-state index contributed by atoms with van der Waals surface area (Å²) in [6.07, 6.45) is 1.97. The highest BCUT2D eigenvalue weighted by atomic mass is 16.2. The lowest BCUT2D eigenvalue weighted by Gasteiger charge is -2.37. The number of hydrogen-bond acceptors (Lipinski definition) is 2. The molecule has 1 aliphatic rings. The second-order valence-electron chi connectivity index (χ2n) is 5.30. The Labute approximate surface area is 119 Å². The first-order valence-corrected chi connectivity index (χ1v) is 6.80. The van der Waals surface area contributed by atoms with Gasteiger partial charge in [-0.15, -0.1) is 0 Å². The average molecular weight is 272 g/mol. The highest BCUT2D eigenvalue weighted by Crippen LogP contribution is 2.22. The molecule has 4 heteroatoms. The van der Waals surface area contributed by atoms with E-state index in [0.29, 0.717) is 6.54 Å². The van der Waals surface area contributed by atoms with Crippen LogP contribution < -0.4 is 5.32 Å². The first-order valence-electron chi connectivity index (χ1n) is 6.80. The van der Waals surface area contributed by atoms with E-state index in [0.717, 1.165) is 11.1 Å². The molecule has 2 rings (SSSR count).